The summed E-state index contributed by atoms with van der Waals surface area (Å²) in [5.41, 5.74) is 3.90. The van der Waals surface area contributed by atoms with Crippen LogP contribution in [0.3, 0.4) is 0 Å². The number of para-hydroxylation sites is 1. The minimum absolute atomic E-state index is 0.117. The molecule has 0 saturated carbocycles. The van der Waals surface area contributed by atoms with Crippen LogP contribution in [0.1, 0.15) is 31.9 Å². The Hall–Kier alpha value is -2.27. The van der Waals surface area contributed by atoms with Gasteiger partial charge in [-0.15, -0.1) is 0 Å². The molecule has 0 aliphatic heterocycles. The molecule has 0 saturated heterocycles. The summed E-state index contributed by atoms with van der Waals surface area (Å²) in [5.74, 6) is 0. The molecule has 2 nitrogen and oxygen atoms in total. The zero-order valence-corrected chi connectivity index (χ0v) is 11.6. The molecule has 0 aliphatic carbocycles. The molecule has 0 aliphatic rings. The molecule has 0 bridgehead atoms. The van der Waals surface area contributed by atoms with Gasteiger partial charge in [0.25, 0.3) is 0 Å². The van der Waals surface area contributed by atoms with Crippen LogP contribution in [0.4, 0.5) is 11.4 Å². The first kappa shape index (κ1) is 13.2. The van der Waals surface area contributed by atoms with Crippen LogP contribution in [-0.4, -0.2) is 0 Å². The number of anilines is 2. The van der Waals surface area contributed by atoms with Crippen LogP contribution in [0, 0.1) is 11.3 Å². The summed E-state index contributed by atoms with van der Waals surface area (Å²) in [5, 5.41) is 12.4. The predicted octanol–water partition coefficient (Wildman–Crippen LogP) is 4.60. The van der Waals surface area contributed by atoms with Gasteiger partial charge in [0.15, 0.2) is 0 Å². The molecule has 2 heteroatoms. The van der Waals surface area contributed by atoms with E-state index in [1.165, 1.54) is 5.56 Å². The van der Waals surface area contributed by atoms with Gasteiger partial charge in [-0.25, -0.2) is 0 Å². The highest BCUT2D eigenvalue weighted by Gasteiger charge is 2.13. The Bertz CT molecular complexity index is 616. The highest BCUT2D eigenvalue weighted by molar-refractivity contribution is 5.66. The predicted molar refractivity (Wildman–Crippen MR) is 79.6 cm³/mol. The normalized spacial score (nSPS) is 10.8. The number of rotatable bonds is 2. The number of nitriles is 1. The number of nitrogens with one attached hydrogen (secondary N) is 1. The first-order valence-corrected chi connectivity index (χ1v) is 6.37. The molecular weight excluding hydrogens is 232 g/mol. The Morgan fingerprint density at radius 2 is 1.74 bits per heavy atom. The van der Waals surface area contributed by atoms with Gasteiger partial charge in [-0.2, -0.15) is 5.26 Å². The molecule has 2 aromatic rings. The minimum Gasteiger partial charge on any atom is -0.354 e. The lowest BCUT2D eigenvalue weighted by atomic mass is 9.87. The summed E-state index contributed by atoms with van der Waals surface area (Å²) >= 11 is 0. The van der Waals surface area contributed by atoms with Gasteiger partial charge in [0.05, 0.1) is 11.3 Å². The maximum absolute atomic E-state index is 9.09. The van der Waals surface area contributed by atoms with Gasteiger partial charge in [0.2, 0.25) is 0 Å². The zero-order chi connectivity index (χ0) is 13.9. The Morgan fingerprint density at radius 3 is 2.42 bits per heavy atom. The molecule has 0 aromatic heterocycles. The smallest absolute Gasteiger partial charge is 0.101 e. The average Bonchev–Trinajstić information content (AvgIpc) is 2.39. The van der Waals surface area contributed by atoms with Crippen molar-refractivity contribution in [2.75, 3.05) is 5.32 Å². The molecule has 2 aromatic carbocycles. The van der Waals surface area contributed by atoms with Crippen molar-refractivity contribution in [2.24, 2.45) is 0 Å². The van der Waals surface area contributed by atoms with E-state index in [2.05, 4.69) is 44.3 Å². The quantitative estimate of drug-likeness (QED) is 0.845. The van der Waals surface area contributed by atoms with Gasteiger partial charge in [0, 0.05) is 5.69 Å². The van der Waals surface area contributed by atoms with E-state index in [4.69, 9.17) is 5.26 Å². The van der Waals surface area contributed by atoms with Gasteiger partial charge < -0.3 is 5.32 Å². The number of hydrogen-bond donors (Lipinski definition) is 1. The molecule has 0 amide bonds. The average molecular weight is 250 g/mol. The molecule has 1 N–H and O–H groups in total. The molecule has 2 rings (SSSR count). The second-order valence-corrected chi connectivity index (χ2v) is 5.61. The van der Waals surface area contributed by atoms with Crippen molar-refractivity contribution in [3.8, 4) is 6.07 Å². The summed E-state index contributed by atoms with van der Waals surface area (Å²) in [4.78, 5) is 0. The van der Waals surface area contributed by atoms with E-state index in [9.17, 15) is 0 Å². The lowest BCUT2D eigenvalue weighted by Gasteiger charge is -2.20. The van der Waals surface area contributed by atoms with E-state index in [0.29, 0.717) is 5.56 Å². The van der Waals surface area contributed by atoms with Crippen molar-refractivity contribution in [1.29, 1.82) is 5.26 Å². The maximum atomic E-state index is 9.09. The SMILES string of the molecule is CC(C)(C)c1cccc(Nc2ccccc2C#N)c1. The molecule has 0 unspecified atom stereocenters. The number of benzene rings is 2. The standard InChI is InChI=1S/C17H18N2/c1-17(2,3)14-8-6-9-15(11-14)19-16-10-5-4-7-13(16)12-18/h4-11,19H,1-3H3. The van der Waals surface area contributed by atoms with Crippen molar-refractivity contribution in [3.05, 3.63) is 59.7 Å². The second kappa shape index (κ2) is 5.16. The van der Waals surface area contributed by atoms with Crippen LogP contribution in [0.25, 0.3) is 0 Å². The van der Waals surface area contributed by atoms with E-state index in [1.807, 2.05) is 36.4 Å². The molecule has 0 radical (unpaired) electrons. The molecular formula is C17H18N2. The van der Waals surface area contributed by atoms with Crippen LogP contribution in [0.2, 0.25) is 0 Å². The Balaban J connectivity index is 2.32. The van der Waals surface area contributed by atoms with Crippen LogP contribution in [0.15, 0.2) is 48.5 Å². The highest BCUT2D eigenvalue weighted by atomic mass is 14.9. The molecule has 96 valence electrons. The largest absolute Gasteiger partial charge is 0.354 e. The van der Waals surface area contributed by atoms with Crippen molar-refractivity contribution in [2.45, 2.75) is 26.2 Å². The third-order valence-corrected chi connectivity index (χ3v) is 3.06. The summed E-state index contributed by atoms with van der Waals surface area (Å²) in [6.45, 7) is 6.57. The van der Waals surface area contributed by atoms with E-state index in [-0.39, 0.29) is 5.41 Å². The van der Waals surface area contributed by atoms with Crippen molar-refractivity contribution >= 4 is 11.4 Å². The Morgan fingerprint density at radius 1 is 1.00 bits per heavy atom. The van der Waals surface area contributed by atoms with E-state index in [0.717, 1.165) is 11.4 Å². The lowest BCUT2D eigenvalue weighted by molar-refractivity contribution is 0.590. The second-order valence-electron chi connectivity index (χ2n) is 5.61. The number of hydrogen-bond acceptors (Lipinski definition) is 2. The third kappa shape index (κ3) is 3.14. The van der Waals surface area contributed by atoms with Crippen LogP contribution in [0.5, 0.6) is 0 Å². The minimum atomic E-state index is 0.117. The molecule has 0 spiro atoms. The molecule has 0 atom stereocenters. The van der Waals surface area contributed by atoms with E-state index in [1.54, 1.807) is 0 Å². The van der Waals surface area contributed by atoms with Crippen LogP contribution >= 0.6 is 0 Å². The topological polar surface area (TPSA) is 35.8 Å². The van der Waals surface area contributed by atoms with E-state index < -0.39 is 0 Å². The maximum Gasteiger partial charge on any atom is 0.101 e. The van der Waals surface area contributed by atoms with Crippen molar-refractivity contribution in [1.82, 2.24) is 0 Å². The van der Waals surface area contributed by atoms with Crippen LogP contribution in [-0.2, 0) is 5.41 Å². The molecule has 0 fully saturated rings. The van der Waals surface area contributed by atoms with Crippen molar-refractivity contribution < 1.29 is 0 Å². The van der Waals surface area contributed by atoms with Gasteiger partial charge in [0.1, 0.15) is 6.07 Å². The Labute approximate surface area is 114 Å². The first-order valence-electron chi connectivity index (χ1n) is 6.37. The monoisotopic (exact) mass is 250 g/mol. The third-order valence-electron chi connectivity index (χ3n) is 3.06. The molecule has 0 heterocycles. The van der Waals surface area contributed by atoms with Crippen LogP contribution < -0.4 is 5.32 Å². The summed E-state index contributed by atoms with van der Waals surface area (Å²) in [6.07, 6.45) is 0. The summed E-state index contributed by atoms with van der Waals surface area (Å²) < 4.78 is 0. The van der Waals surface area contributed by atoms with Gasteiger partial charge in [-0.05, 0) is 35.2 Å². The lowest BCUT2D eigenvalue weighted by Crippen LogP contribution is -2.11. The highest BCUT2D eigenvalue weighted by Crippen LogP contribution is 2.27. The van der Waals surface area contributed by atoms with E-state index >= 15 is 0 Å². The molecule has 19 heavy (non-hydrogen) atoms. The first-order chi connectivity index (χ1) is 9.00. The number of nitrogens with zero attached hydrogens (tertiary/aromatic N) is 1. The fraction of sp³-hybridized carbons (Fsp3) is 0.235. The van der Waals surface area contributed by atoms with Crippen molar-refractivity contribution in [3.63, 3.8) is 0 Å². The summed E-state index contributed by atoms with van der Waals surface area (Å²) in [7, 11) is 0. The fourth-order valence-corrected chi connectivity index (χ4v) is 1.91. The Kier molecular flexibility index (Phi) is 3.57. The van der Waals surface area contributed by atoms with Gasteiger partial charge in [-0.1, -0.05) is 45.0 Å². The fourth-order valence-electron chi connectivity index (χ4n) is 1.91. The van der Waals surface area contributed by atoms with Gasteiger partial charge >= 0.3 is 0 Å². The zero-order valence-electron chi connectivity index (χ0n) is 11.6. The van der Waals surface area contributed by atoms with Gasteiger partial charge in [-0.3, -0.25) is 0 Å². The summed E-state index contributed by atoms with van der Waals surface area (Å²) in [6, 6.07) is 18.0.